The van der Waals surface area contributed by atoms with Crippen LogP contribution in [0.5, 0.6) is 0 Å². The monoisotopic (exact) mass is 379 g/mol. The zero-order chi connectivity index (χ0) is 16.4. The molecule has 3 rings (SSSR count). The van der Waals surface area contributed by atoms with E-state index in [-0.39, 0.29) is 16.4 Å². The van der Waals surface area contributed by atoms with Crippen LogP contribution in [0.4, 0.5) is 21.5 Å². The third kappa shape index (κ3) is 3.29. The third-order valence-electron chi connectivity index (χ3n) is 3.95. The number of hydrogen-bond donors (Lipinski definition) is 0. The lowest BCUT2D eigenvalue weighted by atomic mass is 10.2. The number of nitro benzene ring substituents is 1. The fourth-order valence-electron chi connectivity index (χ4n) is 2.81. The van der Waals surface area contributed by atoms with Crippen LogP contribution < -0.4 is 9.80 Å². The SMILES string of the molecule is O=[N+]([O-])c1cc(Br)ccc1N1CCN(c2ccccc2F)CC1. The molecule has 7 heteroatoms. The van der Waals surface area contributed by atoms with E-state index in [9.17, 15) is 14.5 Å². The van der Waals surface area contributed by atoms with Gasteiger partial charge in [0.1, 0.15) is 11.5 Å². The Hall–Kier alpha value is -2.15. The van der Waals surface area contributed by atoms with Gasteiger partial charge in [0.25, 0.3) is 5.69 Å². The maximum Gasteiger partial charge on any atom is 0.293 e. The van der Waals surface area contributed by atoms with E-state index in [1.807, 2.05) is 15.9 Å². The largest absolute Gasteiger partial charge is 0.366 e. The predicted octanol–water partition coefficient (Wildman–Crippen LogP) is 3.82. The molecule has 1 fully saturated rings. The van der Waals surface area contributed by atoms with Crippen molar-refractivity contribution in [3.05, 3.63) is 62.9 Å². The first-order valence-corrected chi connectivity index (χ1v) is 8.04. The molecule has 0 atom stereocenters. The summed E-state index contributed by atoms with van der Waals surface area (Å²) in [6.45, 7) is 2.45. The molecule has 1 aliphatic heterocycles. The van der Waals surface area contributed by atoms with Gasteiger partial charge in [-0.15, -0.1) is 0 Å². The highest BCUT2D eigenvalue weighted by Gasteiger charge is 2.24. The van der Waals surface area contributed by atoms with E-state index in [1.54, 1.807) is 24.3 Å². The lowest BCUT2D eigenvalue weighted by Crippen LogP contribution is -2.47. The van der Waals surface area contributed by atoms with Crippen molar-refractivity contribution in [1.82, 2.24) is 0 Å². The fourth-order valence-corrected chi connectivity index (χ4v) is 3.16. The lowest BCUT2D eigenvalue weighted by Gasteiger charge is -2.37. The Kier molecular flexibility index (Phi) is 4.47. The maximum absolute atomic E-state index is 13.9. The first-order valence-electron chi connectivity index (χ1n) is 7.24. The van der Waals surface area contributed by atoms with Gasteiger partial charge in [0.15, 0.2) is 0 Å². The topological polar surface area (TPSA) is 49.6 Å². The first-order chi connectivity index (χ1) is 11.1. The van der Waals surface area contributed by atoms with Crippen LogP contribution in [-0.4, -0.2) is 31.1 Å². The number of para-hydroxylation sites is 1. The zero-order valence-electron chi connectivity index (χ0n) is 12.3. The molecule has 2 aromatic rings. The summed E-state index contributed by atoms with van der Waals surface area (Å²) in [4.78, 5) is 14.8. The predicted molar refractivity (Wildman–Crippen MR) is 91.6 cm³/mol. The summed E-state index contributed by atoms with van der Waals surface area (Å²) in [6, 6.07) is 11.7. The van der Waals surface area contributed by atoms with Gasteiger partial charge in [-0.1, -0.05) is 28.1 Å². The van der Waals surface area contributed by atoms with Gasteiger partial charge in [-0.3, -0.25) is 10.1 Å². The molecule has 0 aliphatic carbocycles. The van der Waals surface area contributed by atoms with E-state index in [4.69, 9.17) is 0 Å². The van der Waals surface area contributed by atoms with Crippen LogP contribution >= 0.6 is 15.9 Å². The van der Waals surface area contributed by atoms with Crippen LogP contribution in [0.2, 0.25) is 0 Å². The average Bonchev–Trinajstić information content (AvgIpc) is 2.55. The van der Waals surface area contributed by atoms with Gasteiger partial charge < -0.3 is 9.80 Å². The van der Waals surface area contributed by atoms with Crippen molar-refractivity contribution in [2.75, 3.05) is 36.0 Å². The number of anilines is 2. The summed E-state index contributed by atoms with van der Waals surface area (Å²) < 4.78 is 14.5. The molecule has 0 saturated carbocycles. The second-order valence-electron chi connectivity index (χ2n) is 5.32. The van der Waals surface area contributed by atoms with E-state index in [2.05, 4.69) is 15.9 Å². The molecule has 0 radical (unpaired) electrons. The molecule has 0 spiro atoms. The standard InChI is InChI=1S/C16H15BrFN3O2/c17-12-5-6-15(16(11-12)21(22)23)20-9-7-19(8-10-20)14-4-2-1-3-13(14)18/h1-6,11H,7-10H2. The minimum Gasteiger partial charge on any atom is -0.366 e. The Labute approximate surface area is 141 Å². The lowest BCUT2D eigenvalue weighted by molar-refractivity contribution is -0.384. The van der Waals surface area contributed by atoms with Gasteiger partial charge in [0.2, 0.25) is 0 Å². The molecular formula is C16H15BrFN3O2. The summed E-state index contributed by atoms with van der Waals surface area (Å²) in [5.74, 6) is -0.240. The van der Waals surface area contributed by atoms with Crippen molar-refractivity contribution in [3.63, 3.8) is 0 Å². The van der Waals surface area contributed by atoms with Crippen LogP contribution in [0.15, 0.2) is 46.9 Å². The van der Waals surface area contributed by atoms with Gasteiger partial charge in [0.05, 0.1) is 10.6 Å². The molecule has 1 saturated heterocycles. The number of rotatable bonds is 3. The van der Waals surface area contributed by atoms with Gasteiger partial charge in [0, 0.05) is 36.7 Å². The van der Waals surface area contributed by atoms with Crippen LogP contribution in [-0.2, 0) is 0 Å². The van der Waals surface area contributed by atoms with Crippen molar-refractivity contribution in [2.24, 2.45) is 0 Å². The van der Waals surface area contributed by atoms with E-state index in [0.29, 0.717) is 42.0 Å². The third-order valence-corrected chi connectivity index (χ3v) is 4.44. The normalized spacial score (nSPS) is 14.9. The van der Waals surface area contributed by atoms with Gasteiger partial charge >= 0.3 is 0 Å². The Morgan fingerprint density at radius 1 is 1.00 bits per heavy atom. The fraction of sp³-hybridized carbons (Fsp3) is 0.250. The number of nitro groups is 1. The zero-order valence-corrected chi connectivity index (χ0v) is 13.9. The summed E-state index contributed by atoms with van der Waals surface area (Å²) in [7, 11) is 0. The smallest absolute Gasteiger partial charge is 0.293 e. The number of hydrogen-bond acceptors (Lipinski definition) is 4. The second-order valence-corrected chi connectivity index (χ2v) is 6.23. The van der Waals surface area contributed by atoms with Crippen molar-refractivity contribution in [2.45, 2.75) is 0 Å². The molecule has 0 unspecified atom stereocenters. The summed E-state index contributed by atoms with van der Waals surface area (Å²) in [6.07, 6.45) is 0. The molecule has 2 aromatic carbocycles. The molecule has 1 aliphatic rings. The van der Waals surface area contributed by atoms with Crippen molar-refractivity contribution >= 4 is 33.0 Å². The molecule has 0 N–H and O–H groups in total. The highest BCUT2D eigenvalue weighted by molar-refractivity contribution is 9.10. The summed E-state index contributed by atoms with van der Waals surface area (Å²) in [5.41, 5.74) is 1.27. The van der Waals surface area contributed by atoms with Crippen molar-refractivity contribution in [3.8, 4) is 0 Å². The molecular weight excluding hydrogens is 365 g/mol. The summed E-state index contributed by atoms with van der Waals surface area (Å²) >= 11 is 3.26. The minimum atomic E-state index is -0.372. The van der Waals surface area contributed by atoms with E-state index in [1.165, 1.54) is 12.1 Å². The minimum absolute atomic E-state index is 0.0821. The number of nitrogens with zero attached hydrogens (tertiary/aromatic N) is 3. The highest BCUT2D eigenvalue weighted by atomic mass is 79.9. The average molecular weight is 380 g/mol. The molecule has 0 amide bonds. The first kappa shape index (κ1) is 15.7. The quantitative estimate of drug-likeness (QED) is 0.600. The van der Waals surface area contributed by atoms with Crippen molar-refractivity contribution < 1.29 is 9.31 Å². The van der Waals surface area contributed by atoms with Gasteiger partial charge in [-0.2, -0.15) is 0 Å². The molecule has 0 bridgehead atoms. The van der Waals surface area contributed by atoms with Crippen LogP contribution in [0.25, 0.3) is 0 Å². The Morgan fingerprint density at radius 3 is 2.22 bits per heavy atom. The Bertz CT molecular complexity index is 733. The molecule has 0 aromatic heterocycles. The van der Waals surface area contributed by atoms with E-state index < -0.39 is 0 Å². The van der Waals surface area contributed by atoms with Crippen LogP contribution in [0.3, 0.4) is 0 Å². The molecule has 1 heterocycles. The summed E-state index contributed by atoms with van der Waals surface area (Å²) in [5, 5.41) is 11.2. The van der Waals surface area contributed by atoms with E-state index >= 15 is 0 Å². The molecule has 120 valence electrons. The Morgan fingerprint density at radius 2 is 1.61 bits per heavy atom. The van der Waals surface area contributed by atoms with Gasteiger partial charge in [-0.05, 0) is 24.3 Å². The number of piperazine rings is 1. The number of halogens is 2. The highest BCUT2D eigenvalue weighted by Crippen LogP contribution is 2.32. The maximum atomic E-state index is 13.9. The molecule has 23 heavy (non-hydrogen) atoms. The van der Waals surface area contributed by atoms with Gasteiger partial charge in [-0.25, -0.2) is 4.39 Å². The van der Waals surface area contributed by atoms with E-state index in [0.717, 1.165) is 0 Å². The Balaban J connectivity index is 1.77. The van der Waals surface area contributed by atoms with Crippen molar-refractivity contribution in [1.29, 1.82) is 0 Å². The molecule has 5 nitrogen and oxygen atoms in total. The number of benzene rings is 2. The second kappa shape index (κ2) is 6.54. The van der Waals surface area contributed by atoms with Crippen LogP contribution in [0, 0.1) is 15.9 Å². The van der Waals surface area contributed by atoms with Crippen LogP contribution in [0.1, 0.15) is 0 Å².